The van der Waals surface area contributed by atoms with Gasteiger partial charge in [0.2, 0.25) is 0 Å². The molecule has 122 valence electrons. The van der Waals surface area contributed by atoms with Crippen LogP contribution in [-0.2, 0) is 4.74 Å². The van der Waals surface area contributed by atoms with Crippen molar-refractivity contribution in [3.63, 3.8) is 0 Å². The summed E-state index contributed by atoms with van der Waals surface area (Å²) in [6.45, 7) is 3.44. The van der Waals surface area contributed by atoms with Gasteiger partial charge >= 0.3 is 0 Å². The van der Waals surface area contributed by atoms with Crippen LogP contribution in [0.4, 0.5) is 0 Å². The fourth-order valence-electron chi connectivity index (χ4n) is 4.25. The van der Waals surface area contributed by atoms with Gasteiger partial charge in [-0.05, 0) is 64.5 Å². The van der Waals surface area contributed by atoms with E-state index in [9.17, 15) is 5.11 Å². The van der Waals surface area contributed by atoms with E-state index < -0.39 is 0 Å². The predicted molar refractivity (Wildman–Crippen MR) is 84.4 cm³/mol. The molecule has 2 N–H and O–H groups in total. The Bertz CT molecular complexity index is 329. The maximum absolute atomic E-state index is 9.96. The molecule has 3 rings (SSSR count). The van der Waals surface area contributed by atoms with E-state index in [2.05, 4.69) is 17.3 Å². The lowest BCUT2D eigenvalue weighted by Gasteiger charge is -2.36. The Morgan fingerprint density at radius 1 is 1.24 bits per heavy atom. The van der Waals surface area contributed by atoms with E-state index in [4.69, 9.17) is 4.74 Å². The highest BCUT2D eigenvalue weighted by Gasteiger charge is 2.44. The van der Waals surface area contributed by atoms with Gasteiger partial charge in [0.25, 0.3) is 0 Å². The summed E-state index contributed by atoms with van der Waals surface area (Å²) in [5.41, 5.74) is 0.0197. The fourth-order valence-corrected chi connectivity index (χ4v) is 4.25. The highest BCUT2D eigenvalue weighted by Crippen LogP contribution is 2.40. The summed E-state index contributed by atoms with van der Waals surface area (Å²) in [6, 6.07) is 0.683. The molecule has 2 aliphatic carbocycles. The second-order valence-corrected chi connectivity index (χ2v) is 7.51. The van der Waals surface area contributed by atoms with Crippen molar-refractivity contribution in [1.29, 1.82) is 0 Å². The van der Waals surface area contributed by atoms with E-state index in [1.165, 1.54) is 44.9 Å². The second kappa shape index (κ2) is 6.95. The van der Waals surface area contributed by atoms with E-state index in [0.717, 1.165) is 26.1 Å². The van der Waals surface area contributed by atoms with Gasteiger partial charge in [-0.3, -0.25) is 0 Å². The minimum atomic E-state index is 0.0197. The number of nitrogens with zero attached hydrogens (tertiary/aromatic N) is 1. The van der Waals surface area contributed by atoms with Gasteiger partial charge in [0, 0.05) is 24.7 Å². The summed E-state index contributed by atoms with van der Waals surface area (Å²) < 4.78 is 5.72. The molecule has 3 aliphatic rings. The van der Waals surface area contributed by atoms with E-state index in [1.54, 1.807) is 0 Å². The number of nitrogens with one attached hydrogen (secondary N) is 1. The number of hydrogen-bond acceptors (Lipinski definition) is 4. The zero-order valence-electron chi connectivity index (χ0n) is 13.5. The maximum atomic E-state index is 9.96. The molecule has 0 spiro atoms. The van der Waals surface area contributed by atoms with Crippen LogP contribution in [0, 0.1) is 5.92 Å². The summed E-state index contributed by atoms with van der Waals surface area (Å²) in [4.78, 5) is 2.42. The van der Waals surface area contributed by atoms with Gasteiger partial charge in [-0.1, -0.05) is 6.42 Å². The van der Waals surface area contributed by atoms with Crippen molar-refractivity contribution in [2.24, 2.45) is 5.92 Å². The Labute approximate surface area is 129 Å². The zero-order valence-corrected chi connectivity index (χ0v) is 13.5. The minimum absolute atomic E-state index is 0.0197. The first kappa shape index (κ1) is 15.7. The molecule has 1 saturated heterocycles. The first-order valence-electron chi connectivity index (χ1n) is 8.90. The quantitative estimate of drug-likeness (QED) is 0.716. The van der Waals surface area contributed by atoms with Gasteiger partial charge < -0.3 is 20.1 Å². The average Bonchev–Trinajstić information content (AvgIpc) is 2.98. The van der Waals surface area contributed by atoms with Gasteiger partial charge in [0.1, 0.15) is 0 Å². The standard InChI is InChI=1S/C17H32N2O2/c1-19(12-16-5-3-11-21-16)10-8-14-4-2-9-17(14,13-20)18-15-6-7-15/h14-16,18,20H,2-13H2,1H3. The van der Waals surface area contributed by atoms with Gasteiger partial charge in [0.05, 0.1) is 12.7 Å². The molecule has 0 amide bonds. The van der Waals surface area contributed by atoms with Crippen molar-refractivity contribution in [2.75, 3.05) is 33.4 Å². The van der Waals surface area contributed by atoms with Crippen LogP contribution in [0.15, 0.2) is 0 Å². The van der Waals surface area contributed by atoms with Crippen LogP contribution in [0.25, 0.3) is 0 Å². The lowest BCUT2D eigenvalue weighted by Crippen LogP contribution is -2.53. The zero-order chi connectivity index (χ0) is 14.7. The molecule has 1 aliphatic heterocycles. The normalized spacial score (nSPS) is 36.7. The molecule has 3 unspecified atom stereocenters. The predicted octanol–water partition coefficient (Wildman–Crippen LogP) is 1.77. The molecule has 4 heteroatoms. The topological polar surface area (TPSA) is 44.7 Å². The summed E-state index contributed by atoms with van der Waals surface area (Å²) in [6.07, 6.45) is 10.4. The summed E-state index contributed by atoms with van der Waals surface area (Å²) in [7, 11) is 2.21. The SMILES string of the molecule is CN(CCC1CCCC1(CO)NC1CC1)CC1CCCO1. The van der Waals surface area contributed by atoms with Crippen LogP contribution in [0.2, 0.25) is 0 Å². The lowest BCUT2D eigenvalue weighted by atomic mass is 9.85. The van der Waals surface area contributed by atoms with E-state index >= 15 is 0 Å². The molecule has 3 fully saturated rings. The van der Waals surface area contributed by atoms with Crippen molar-refractivity contribution in [3.8, 4) is 0 Å². The fraction of sp³-hybridized carbons (Fsp3) is 1.00. The molecule has 0 aromatic rings. The third-order valence-electron chi connectivity index (χ3n) is 5.71. The van der Waals surface area contributed by atoms with E-state index in [-0.39, 0.29) is 5.54 Å². The van der Waals surface area contributed by atoms with Gasteiger partial charge in [-0.25, -0.2) is 0 Å². The number of aliphatic hydroxyl groups is 1. The highest BCUT2D eigenvalue weighted by molar-refractivity contribution is 5.03. The first-order valence-corrected chi connectivity index (χ1v) is 8.90. The third kappa shape index (κ3) is 3.98. The number of ether oxygens (including phenoxy) is 1. The van der Waals surface area contributed by atoms with Crippen LogP contribution >= 0.6 is 0 Å². The molecular weight excluding hydrogens is 264 g/mol. The molecule has 21 heavy (non-hydrogen) atoms. The van der Waals surface area contributed by atoms with Crippen molar-refractivity contribution in [1.82, 2.24) is 10.2 Å². The summed E-state index contributed by atoms with van der Waals surface area (Å²) in [5.74, 6) is 0.634. The molecule has 0 aromatic heterocycles. The molecule has 1 heterocycles. The maximum Gasteiger partial charge on any atom is 0.0702 e. The minimum Gasteiger partial charge on any atom is -0.394 e. The van der Waals surface area contributed by atoms with Gasteiger partial charge in [0.15, 0.2) is 0 Å². The number of rotatable bonds is 8. The number of likely N-dealkylation sites (N-methyl/N-ethyl adjacent to an activating group) is 1. The largest absolute Gasteiger partial charge is 0.394 e. The second-order valence-electron chi connectivity index (χ2n) is 7.51. The van der Waals surface area contributed by atoms with Gasteiger partial charge in [-0.15, -0.1) is 0 Å². The number of aliphatic hydroxyl groups excluding tert-OH is 1. The molecule has 2 saturated carbocycles. The van der Waals surface area contributed by atoms with Crippen LogP contribution in [0.3, 0.4) is 0 Å². The van der Waals surface area contributed by atoms with Crippen molar-refractivity contribution in [2.45, 2.75) is 69.1 Å². The smallest absolute Gasteiger partial charge is 0.0702 e. The third-order valence-corrected chi connectivity index (χ3v) is 5.71. The van der Waals surface area contributed by atoms with Crippen molar-refractivity contribution >= 4 is 0 Å². The van der Waals surface area contributed by atoms with Crippen LogP contribution in [-0.4, -0.2) is 61.0 Å². The average molecular weight is 296 g/mol. The molecule has 4 nitrogen and oxygen atoms in total. The highest BCUT2D eigenvalue weighted by atomic mass is 16.5. The Morgan fingerprint density at radius 2 is 2.10 bits per heavy atom. The van der Waals surface area contributed by atoms with Crippen LogP contribution in [0.5, 0.6) is 0 Å². The molecule has 0 radical (unpaired) electrons. The summed E-state index contributed by atoms with van der Waals surface area (Å²) >= 11 is 0. The van der Waals surface area contributed by atoms with E-state index in [0.29, 0.717) is 24.7 Å². The molecular formula is C17H32N2O2. The Hall–Kier alpha value is -0.160. The first-order chi connectivity index (χ1) is 10.2. The van der Waals surface area contributed by atoms with Crippen molar-refractivity contribution < 1.29 is 9.84 Å². The summed E-state index contributed by atoms with van der Waals surface area (Å²) in [5, 5.41) is 13.7. The van der Waals surface area contributed by atoms with Crippen LogP contribution in [0.1, 0.15) is 51.4 Å². The Balaban J connectivity index is 1.46. The monoisotopic (exact) mass is 296 g/mol. The Morgan fingerprint density at radius 3 is 2.76 bits per heavy atom. The lowest BCUT2D eigenvalue weighted by molar-refractivity contribution is 0.0735. The van der Waals surface area contributed by atoms with E-state index in [1.807, 2.05) is 0 Å². The molecule has 3 atom stereocenters. The van der Waals surface area contributed by atoms with Crippen molar-refractivity contribution in [3.05, 3.63) is 0 Å². The van der Waals surface area contributed by atoms with Crippen LogP contribution < -0.4 is 5.32 Å². The molecule has 0 aromatic carbocycles. The number of hydrogen-bond donors (Lipinski definition) is 2. The Kier molecular flexibility index (Phi) is 5.20. The van der Waals surface area contributed by atoms with Gasteiger partial charge in [-0.2, -0.15) is 0 Å². The molecule has 0 bridgehead atoms.